The molecule has 1 aromatic rings. The fourth-order valence-electron chi connectivity index (χ4n) is 2.05. The lowest BCUT2D eigenvalue weighted by atomic mass is 10.0. The van der Waals surface area contributed by atoms with Gasteiger partial charge in [0.25, 0.3) is 5.91 Å². The van der Waals surface area contributed by atoms with Gasteiger partial charge in [-0.15, -0.1) is 0 Å². The van der Waals surface area contributed by atoms with Crippen LogP contribution < -0.4 is 10.1 Å². The van der Waals surface area contributed by atoms with Gasteiger partial charge in [0, 0.05) is 6.04 Å². The maximum absolute atomic E-state index is 11.7. The van der Waals surface area contributed by atoms with Crippen LogP contribution in [0.15, 0.2) is 24.3 Å². The van der Waals surface area contributed by atoms with Gasteiger partial charge < -0.3 is 10.1 Å². The zero-order chi connectivity index (χ0) is 14.3. The van der Waals surface area contributed by atoms with Crippen molar-refractivity contribution in [2.75, 3.05) is 6.61 Å². The van der Waals surface area contributed by atoms with Crippen LogP contribution >= 0.6 is 0 Å². The van der Waals surface area contributed by atoms with Gasteiger partial charge >= 0.3 is 0 Å². The summed E-state index contributed by atoms with van der Waals surface area (Å²) in [6.45, 7) is 8.44. The molecule has 0 fully saturated rings. The monoisotopic (exact) mass is 263 g/mol. The summed E-state index contributed by atoms with van der Waals surface area (Å²) in [6.07, 6.45) is 2.06. The van der Waals surface area contributed by atoms with E-state index >= 15 is 0 Å². The molecule has 0 radical (unpaired) electrons. The van der Waals surface area contributed by atoms with Crippen LogP contribution in [-0.4, -0.2) is 18.6 Å². The zero-order valence-corrected chi connectivity index (χ0v) is 12.4. The summed E-state index contributed by atoms with van der Waals surface area (Å²) < 4.78 is 5.63. The molecule has 1 unspecified atom stereocenters. The Kier molecular flexibility index (Phi) is 6.40. The van der Waals surface area contributed by atoms with Crippen molar-refractivity contribution in [3.63, 3.8) is 0 Å². The number of rotatable bonds is 7. The fraction of sp³-hybridized carbons (Fsp3) is 0.562. The second-order valence-corrected chi connectivity index (χ2v) is 5.24. The highest BCUT2D eigenvalue weighted by Crippen LogP contribution is 2.25. The summed E-state index contributed by atoms with van der Waals surface area (Å²) in [5.41, 5.74) is 1.14. The van der Waals surface area contributed by atoms with Crippen molar-refractivity contribution < 1.29 is 9.53 Å². The van der Waals surface area contributed by atoms with Gasteiger partial charge in [-0.25, -0.2) is 0 Å². The number of hydrogen-bond acceptors (Lipinski definition) is 2. The Morgan fingerprint density at radius 3 is 2.58 bits per heavy atom. The first kappa shape index (κ1) is 15.5. The van der Waals surface area contributed by atoms with Gasteiger partial charge in [-0.3, -0.25) is 4.79 Å². The molecule has 0 bridgehead atoms. The van der Waals surface area contributed by atoms with Crippen molar-refractivity contribution >= 4 is 5.91 Å². The van der Waals surface area contributed by atoms with E-state index in [4.69, 9.17) is 4.74 Å². The summed E-state index contributed by atoms with van der Waals surface area (Å²) >= 11 is 0. The predicted molar refractivity (Wildman–Crippen MR) is 78.5 cm³/mol. The third kappa shape index (κ3) is 5.33. The Hall–Kier alpha value is -1.51. The number of nitrogens with one attached hydrogen (secondary N) is 1. The van der Waals surface area contributed by atoms with E-state index in [9.17, 15) is 4.79 Å². The molecule has 1 aromatic carbocycles. The van der Waals surface area contributed by atoms with Gasteiger partial charge in [0.15, 0.2) is 6.61 Å². The van der Waals surface area contributed by atoms with E-state index in [0.717, 1.165) is 24.2 Å². The van der Waals surface area contributed by atoms with Crippen LogP contribution in [0.4, 0.5) is 0 Å². The highest BCUT2D eigenvalue weighted by molar-refractivity contribution is 5.77. The number of ether oxygens (including phenoxy) is 1. The number of carbonyl (C=O) groups excluding carboxylic acids is 1. The van der Waals surface area contributed by atoms with Crippen molar-refractivity contribution in [2.45, 2.75) is 52.5 Å². The topological polar surface area (TPSA) is 38.3 Å². The van der Waals surface area contributed by atoms with Crippen LogP contribution in [0.1, 0.15) is 52.0 Å². The summed E-state index contributed by atoms with van der Waals surface area (Å²) in [6, 6.07) is 8.08. The molecule has 0 aromatic heterocycles. The first-order valence-corrected chi connectivity index (χ1v) is 7.05. The fourth-order valence-corrected chi connectivity index (χ4v) is 2.05. The lowest BCUT2D eigenvalue weighted by Crippen LogP contribution is -2.36. The van der Waals surface area contributed by atoms with E-state index in [1.807, 2.05) is 31.2 Å². The van der Waals surface area contributed by atoms with E-state index in [2.05, 4.69) is 26.1 Å². The van der Waals surface area contributed by atoms with Crippen LogP contribution in [0.2, 0.25) is 0 Å². The quantitative estimate of drug-likeness (QED) is 0.817. The molecule has 19 heavy (non-hydrogen) atoms. The molecule has 0 aliphatic rings. The molecule has 1 amide bonds. The average Bonchev–Trinajstić information content (AvgIpc) is 2.36. The molecular weight excluding hydrogens is 238 g/mol. The first-order valence-electron chi connectivity index (χ1n) is 7.05. The smallest absolute Gasteiger partial charge is 0.258 e. The highest BCUT2D eigenvalue weighted by atomic mass is 16.5. The Balaban J connectivity index is 2.50. The van der Waals surface area contributed by atoms with Crippen molar-refractivity contribution in [1.29, 1.82) is 0 Å². The van der Waals surface area contributed by atoms with Crippen LogP contribution in [0.25, 0.3) is 0 Å². The lowest BCUT2D eigenvalue weighted by Gasteiger charge is -2.15. The summed E-state index contributed by atoms with van der Waals surface area (Å²) in [4.78, 5) is 11.7. The van der Waals surface area contributed by atoms with Crippen molar-refractivity contribution in [3.05, 3.63) is 29.8 Å². The van der Waals surface area contributed by atoms with Crippen LogP contribution in [-0.2, 0) is 4.79 Å². The molecule has 106 valence electrons. The third-order valence-electron chi connectivity index (χ3n) is 3.03. The largest absolute Gasteiger partial charge is 0.483 e. The first-order chi connectivity index (χ1) is 9.04. The minimum Gasteiger partial charge on any atom is -0.483 e. The molecule has 0 saturated heterocycles. The van der Waals surface area contributed by atoms with E-state index < -0.39 is 0 Å². The molecule has 0 heterocycles. The van der Waals surface area contributed by atoms with Gasteiger partial charge in [-0.2, -0.15) is 0 Å². The van der Waals surface area contributed by atoms with Gasteiger partial charge in [-0.1, -0.05) is 45.4 Å². The maximum Gasteiger partial charge on any atom is 0.258 e. The third-order valence-corrected chi connectivity index (χ3v) is 3.03. The number of benzene rings is 1. The molecule has 0 aliphatic carbocycles. The molecule has 3 nitrogen and oxygen atoms in total. The standard InChI is InChI=1S/C16H25NO2/c1-5-8-13(4)17-16(18)11-19-15-10-7-6-9-14(15)12(2)3/h6-7,9-10,12-13H,5,8,11H2,1-4H3,(H,17,18). The average molecular weight is 263 g/mol. The van der Waals surface area contributed by atoms with Crippen LogP contribution in [0.3, 0.4) is 0 Å². The maximum atomic E-state index is 11.7. The molecule has 0 spiro atoms. The summed E-state index contributed by atoms with van der Waals surface area (Å²) in [5, 5.41) is 2.94. The van der Waals surface area contributed by atoms with Gasteiger partial charge in [0.05, 0.1) is 0 Å². The Morgan fingerprint density at radius 1 is 1.26 bits per heavy atom. The Morgan fingerprint density at radius 2 is 1.95 bits per heavy atom. The highest BCUT2D eigenvalue weighted by Gasteiger charge is 2.10. The number of carbonyl (C=O) groups is 1. The number of hydrogen-bond donors (Lipinski definition) is 1. The normalized spacial score (nSPS) is 12.3. The number of para-hydroxylation sites is 1. The van der Waals surface area contributed by atoms with Gasteiger partial charge in [0.1, 0.15) is 5.75 Å². The minimum atomic E-state index is -0.0560. The Bertz CT molecular complexity index is 401. The van der Waals surface area contributed by atoms with E-state index in [0.29, 0.717) is 5.92 Å². The molecule has 0 saturated carbocycles. The van der Waals surface area contributed by atoms with E-state index in [-0.39, 0.29) is 18.6 Å². The predicted octanol–water partition coefficient (Wildman–Crippen LogP) is 3.49. The van der Waals surface area contributed by atoms with Crippen LogP contribution in [0.5, 0.6) is 5.75 Å². The van der Waals surface area contributed by atoms with Gasteiger partial charge in [-0.05, 0) is 30.9 Å². The zero-order valence-electron chi connectivity index (χ0n) is 12.4. The molecule has 3 heteroatoms. The second-order valence-electron chi connectivity index (χ2n) is 5.24. The lowest BCUT2D eigenvalue weighted by molar-refractivity contribution is -0.123. The molecule has 1 rings (SSSR count). The summed E-state index contributed by atoms with van der Waals surface area (Å²) in [5.74, 6) is 1.13. The Labute approximate surface area is 116 Å². The van der Waals surface area contributed by atoms with Crippen molar-refractivity contribution in [3.8, 4) is 5.75 Å². The van der Waals surface area contributed by atoms with Crippen LogP contribution in [0, 0.1) is 0 Å². The van der Waals surface area contributed by atoms with Gasteiger partial charge in [0.2, 0.25) is 0 Å². The minimum absolute atomic E-state index is 0.0560. The van der Waals surface area contributed by atoms with Crippen molar-refractivity contribution in [1.82, 2.24) is 5.32 Å². The molecular formula is C16H25NO2. The number of amides is 1. The molecule has 1 N–H and O–H groups in total. The molecule has 1 atom stereocenters. The van der Waals surface area contributed by atoms with Crippen molar-refractivity contribution in [2.24, 2.45) is 0 Å². The molecule has 0 aliphatic heterocycles. The summed E-state index contributed by atoms with van der Waals surface area (Å²) in [7, 11) is 0. The van der Waals surface area contributed by atoms with E-state index in [1.165, 1.54) is 0 Å². The SMILES string of the molecule is CCCC(C)NC(=O)COc1ccccc1C(C)C. The van der Waals surface area contributed by atoms with E-state index in [1.54, 1.807) is 0 Å². The second kappa shape index (κ2) is 7.82.